The number of piperidine rings is 1. The fraction of sp³-hybridized carbons (Fsp3) is 0.417. The number of ketones is 1. The molecular formula is C12H13N3O. The van der Waals surface area contributed by atoms with Crippen LogP contribution in [0.25, 0.3) is 0 Å². The predicted molar refractivity (Wildman–Crippen MR) is 60.1 cm³/mol. The van der Waals surface area contributed by atoms with Crippen molar-refractivity contribution in [2.75, 3.05) is 18.0 Å². The van der Waals surface area contributed by atoms with Crippen LogP contribution in [0.4, 0.5) is 5.82 Å². The molecular weight excluding hydrogens is 202 g/mol. The van der Waals surface area contributed by atoms with E-state index in [2.05, 4.69) is 16.0 Å². The summed E-state index contributed by atoms with van der Waals surface area (Å²) < 4.78 is 0. The third-order valence-electron chi connectivity index (χ3n) is 2.71. The molecule has 1 aliphatic rings. The Labute approximate surface area is 94.5 Å². The van der Waals surface area contributed by atoms with Gasteiger partial charge in [0.05, 0.1) is 11.6 Å². The smallest absolute Gasteiger partial charge is 0.136 e. The van der Waals surface area contributed by atoms with E-state index >= 15 is 0 Å². The molecule has 0 spiro atoms. The lowest BCUT2D eigenvalue weighted by molar-refractivity contribution is -0.119. The summed E-state index contributed by atoms with van der Waals surface area (Å²) in [7, 11) is 0. The third kappa shape index (κ3) is 2.19. The van der Waals surface area contributed by atoms with E-state index < -0.39 is 0 Å². The number of pyridine rings is 1. The van der Waals surface area contributed by atoms with E-state index in [-0.39, 0.29) is 0 Å². The van der Waals surface area contributed by atoms with Gasteiger partial charge in [0.15, 0.2) is 0 Å². The number of aryl methyl sites for hydroxylation is 1. The van der Waals surface area contributed by atoms with Gasteiger partial charge < -0.3 is 4.90 Å². The number of nitriles is 1. The molecule has 0 radical (unpaired) electrons. The van der Waals surface area contributed by atoms with Crippen LogP contribution in [-0.2, 0) is 4.79 Å². The Balaban J connectivity index is 2.24. The van der Waals surface area contributed by atoms with Crippen LogP contribution < -0.4 is 4.90 Å². The molecule has 16 heavy (non-hydrogen) atoms. The lowest BCUT2D eigenvalue weighted by atomic mass is 10.1. The van der Waals surface area contributed by atoms with Crippen molar-refractivity contribution < 1.29 is 4.79 Å². The maximum atomic E-state index is 11.1. The third-order valence-corrected chi connectivity index (χ3v) is 2.71. The second-order valence-corrected chi connectivity index (χ2v) is 3.99. The molecule has 1 aliphatic heterocycles. The largest absolute Gasteiger partial charge is 0.356 e. The first-order chi connectivity index (χ1) is 7.69. The van der Waals surface area contributed by atoms with Gasteiger partial charge in [-0.3, -0.25) is 4.79 Å². The zero-order valence-electron chi connectivity index (χ0n) is 9.23. The molecule has 1 saturated heterocycles. The molecule has 0 aliphatic carbocycles. The lowest BCUT2D eigenvalue weighted by Crippen LogP contribution is -2.34. The second-order valence-electron chi connectivity index (χ2n) is 3.99. The quantitative estimate of drug-likeness (QED) is 0.711. The molecule has 4 heteroatoms. The van der Waals surface area contributed by atoms with Gasteiger partial charge in [0.25, 0.3) is 0 Å². The molecule has 1 aromatic rings. The summed E-state index contributed by atoms with van der Waals surface area (Å²) in [5, 5.41) is 8.88. The summed E-state index contributed by atoms with van der Waals surface area (Å²) in [6, 6.07) is 5.67. The molecule has 2 rings (SSSR count). The minimum atomic E-state index is 0.310. The van der Waals surface area contributed by atoms with Gasteiger partial charge in [-0.05, 0) is 19.1 Å². The Morgan fingerprint density at radius 2 is 2.06 bits per heavy atom. The number of anilines is 1. The van der Waals surface area contributed by atoms with Crippen molar-refractivity contribution in [3.05, 3.63) is 23.4 Å². The van der Waals surface area contributed by atoms with Crippen molar-refractivity contribution in [2.45, 2.75) is 19.8 Å². The average Bonchev–Trinajstić information content (AvgIpc) is 2.29. The minimum absolute atomic E-state index is 0.310. The summed E-state index contributed by atoms with van der Waals surface area (Å²) in [6.45, 7) is 3.29. The van der Waals surface area contributed by atoms with Crippen molar-refractivity contribution in [3.63, 3.8) is 0 Å². The fourth-order valence-electron chi connectivity index (χ4n) is 1.86. The standard InChI is InChI=1S/C12H13N3O/c1-9-6-10(8-13)7-12(14-9)15-4-2-11(16)3-5-15/h6-7H,2-5H2,1H3. The normalized spacial score (nSPS) is 16.0. The number of nitrogens with zero attached hydrogens (tertiary/aromatic N) is 3. The van der Waals surface area contributed by atoms with Gasteiger partial charge in [-0.1, -0.05) is 0 Å². The molecule has 0 unspecified atom stereocenters. The molecule has 0 atom stereocenters. The summed E-state index contributed by atoms with van der Waals surface area (Å²) in [5.41, 5.74) is 1.46. The predicted octanol–water partition coefficient (Wildman–Crippen LogP) is 1.43. The van der Waals surface area contributed by atoms with Crippen LogP contribution in [0.2, 0.25) is 0 Å². The molecule has 0 N–H and O–H groups in total. The van der Waals surface area contributed by atoms with Crippen molar-refractivity contribution >= 4 is 11.6 Å². The van der Waals surface area contributed by atoms with Crippen molar-refractivity contribution in [1.29, 1.82) is 5.26 Å². The Bertz CT molecular complexity index is 452. The highest BCUT2D eigenvalue weighted by Crippen LogP contribution is 2.18. The van der Waals surface area contributed by atoms with E-state index in [0.717, 1.165) is 11.5 Å². The fourth-order valence-corrected chi connectivity index (χ4v) is 1.86. The van der Waals surface area contributed by atoms with E-state index in [4.69, 9.17) is 5.26 Å². The topological polar surface area (TPSA) is 57.0 Å². The molecule has 0 saturated carbocycles. The molecule has 0 bridgehead atoms. The Kier molecular flexibility index (Phi) is 2.86. The number of Topliss-reactive ketones (excluding diaryl/α,β-unsaturated/α-hetero) is 1. The van der Waals surface area contributed by atoms with Crippen molar-refractivity contribution in [2.24, 2.45) is 0 Å². The number of hydrogen-bond donors (Lipinski definition) is 0. The SMILES string of the molecule is Cc1cc(C#N)cc(N2CCC(=O)CC2)n1. The maximum Gasteiger partial charge on any atom is 0.136 e. The van der Waals surface area contributed by atoms with E-state index in [9.17, 15) is 4.79 Å². The average molecular weight is 215 g/mol. The van der Waals surface area contributed by atoms with E-state index in [0.29, 0.717) is 37.3 Å². The number of rotatable bonds is 1. The maximum absolute atomic E-state index is 11.1. The van der Waals surface area contributed by atoms with Crippen LogP contribution in [0.5, 0.6) is 0 Å². The van der Waals surface area contributed by atoms with Crippen molar-refractivity contribution in [1.82, 2.24) is 4.98 Å². The van der Waals surface area contributed by atoms with Gasteiger partial charge in [0.2, 0.25) is 0 Å². The Morgan fingerprint density at radius 3 is 2.69 bits per heavy atom. The first-order valence-corrected chi connectivity index (χ1v) is 5.34. The zero-order chi connectivity index (χ0) is 11.5. The van der Waals surface area contributed by atoms with Gasteiger partial charge in [-0.15, -0.1) is 0 Å². The number of carbonyl (C=O) groups excluding carboxylic acids is 1. The van der Waals surface area contributed by atoms with Crippen LogP contribution in [-0.4, -0.2) is 23.9 Å². The van der Waals surface area contributed by atoms with Gasteiger partial charge >= 0.3 is 0 Å². The molecule has 4 nitrogen and oxygen atoms in total. The van der Waals surface area contributed by atoms with Gasteiger partial charge in [0.1, 0.15) is 11.6 Å². The second kappa shape index (κ2) is 4.31. The highest BCUT2D eigenvalue weighted by atomic mass is 16.1. The zero-order valence-corrected chi connectivity index (χ0v) is 9.23. The first kappa shape index (κ1) is 10.6. The first-order valence-electron chi connectivity index (χ1n) is 5.34. The molecule has 1 aromatic heterocycles. The number of carbonyl (C=O) groups is 1. The van der Waals surface area contributed by atoms with E-state index in [1.165, 1.54) is 0 Å². The highest BCUT2D eigenvalue weighted by Gasteiger charge is 2.17. The van der Waals surface area contributed by atoms with Crippen LogP contribution in [0.3, 0.4) is 0 Å². The van der Waals surface area contributed by atoms with Crippen LogP contribution >= 0.6 is 0 Å². The summed E-state index contributed by atoms with van der Waals surface area (Å²) >= 11 is 0. The van der Waals surface area contributed by atoms with E-state index in [1.54, 1.807) is 12.1 Å². The van der Waals surface area contributed by atoms with Gasteiger partial charge in [-0.25, -0.2) is 4.98 Å². The molecule has 1 fully saturated rings. The Morgan fingerprint density at radius 1 is 1.38 bits per heavy atom. The monoisotopic (exact) mass is 215 g/mol. The molecule has 0 amide bonds. The minimum Gasteiger partial charge on any atom is -0.356 e. The highest BCUT2D eigenvalue weighted by molar-refractivity contribution is 5.80. The number of aromatic nitrogens is 1. The molecule has 82 valence electrons. The molecule has 2 heterocycles. The summed E-state index contributed by atoms with van der Waals surface area (Å²) in [6.07, 6.45) is 1.16. The van der Waals surface area contributed by atoms with Crippen LogP contribution in [0.1, 0.15) is 24.1 Å². The van der Waals surface area contributed by atoms with Gasteiger partial charge in [0, 0.05) is 31.6 Å². The van der Waals surface area contributed by atoms with Crippen LogP contribution in [0, 0.1) is 18.3 Å². The van der Waals surface area contributed by atoms with Crippen molar-refractivity contribution in [3.8, 4) is 6.07 Å². The lowest BCUT2D eigenvalue weighted by Gasteiger charge is -2.27. The van der Waals surface area contributed by atoms with E-state index in [1.807, 2.05) is 6.92 Å². The molecule has 0 aromatic carbocycles. The van der Waals surface area contributed by atoms with Crippen LogP contribution in [0.15, 0.2) is 12.1 Å². The number of hydrogen-bond acceptors (Lipinski definition) is 4. The Hall–Kier alpha value is -1.89. The summed E-state index contributed by atoms with van der Waals surface area (Å²) in [5.74, 6) is 1.12. The van der Waals surface area contributed by atoms with Gasteiger partial charge in [-0.2, -0.15) is 5.26 Å². The summed E-state index contributed by atoms with van der Waals surface area (Å²) in [4.78, 5) is 17.6.